The molecule has 0 radical (unpaired) electrons. The van der Waals surface area contributed by atoms with Gasteiger partial charge in [0, 0.05) is 6.42 Å². The molecule has 4 aliphatic carbocycles. The normalized spacial score (nSPS) is 50.1. The molecule has 0 spiro atoms. The molecule has 4 aliphatic rings. The molecule has 0 saturated heterocycles. The fourth-order valence-electron chi connectivity index (χ4n) is 8.14. The van der Waals surface area contributed by atoms with Crippen molar-refractivity contribution >= 4 is 5.97 Å². The van der Waals surface area contributed by atoms with Gasteiger partial charge in [-0.15, -0.1) is 0 Å². The van der Waals surface area contributed by atoms with Crippen LogP contribution in [0, 0.1) is 40.4 Å². The summed E-state index contributed by atoms with van der Waals surface area (Å²) in [6, 6.07) is 0. The molecule has 0 aromatic heterocycles. The van der Waals surface area contributed by atoms with Gasteiger partial charge in [-0.2, -0.15) is 0 Å². The number of aliphatic hydroxyl groups is 1. The number of carboxylic acids is 1. The van der Waals surface area contributed by atoms with Crippen molar-refractivity contribution in [2.75, 3.05) is 0 Å². The quantitative estimate of drug-likeness (QED) is 0.694. The Morgan fingerprint density at radius 1 is 1.00 bits per heavy atom. The molecule has 8 unspecified atom stereocenters. The Hall–Kier alpha value is -0.570. The van der Waals surface area contributed by atoms with Crippen molar-refractivity contribution in [2.24, 2.45) is 40.4 Å². The summed E-state index contributed by atoms with van der Waals surface area (Å²) in [5.74, 6) is 2.38. The van der Waals surface area contributed by atoms with Gasteiger partial charge in [0.2, 0.25) is 0 Å². The molecule has 4 saturated carbocycles. The molecule has 0 amide bonds. The van der Waals surface area contributed by atoms with Gasteiger partial charge in [-0.3, -0.25) is 4.79 Å². The lowest BCUT2D eigenvalue weighted by molar-refractivity contribution is -0.163. The molecule has 26 heavy (non-hydrogen) atoms. The average Bonchev–Trinajstić information content (AvgIpc) is 2.90. The van der Waals surface area contributed by atoms with E-state index in [0.29, 0.717) is 35.5 Å². The lowest BCUT2D eigenvalue weighted by Crippen LogP contribution is -2.57. The molecule has 4 fully saturated rings. The third-order valence-electron chi connectivity index (χ3n) is 9.50. The Bertz CT molecular complexity index is 532. The van der Waals surface area contributed by atoms with Gasteiger partial charge in [-0.25, -0.2) is 0 Å². The highest BCUT2D eigenvalue weighted by molar-refractivity contribution is 5.66. The molecular weight excluding hydrogens is 324 g/mol. The van der Waals surface area contributed by atoms with Crippen molar-refractivity contribution in [3.05, 3.63) is 0 Å². The fraction of sp³-hybridized carbons (Fsp3) is 0.957. The average molecular weight is 365 g/mol. The van der Waals surface area contributed by atoms with Crippen molar-refractivity contribution in [3.63, 3.8) is 0 Å². The number of aliphatic carboxylic acids is 1. The van der Waals surface area contributed by atoms with Crippen LogP contribution in [0.4, 0.5) is 0 Å². The predicted molar refractivity (Wildman–Crippen MR) is 105 cm³/mol. The molecule has 4 rings (SSSR count). The van der Waals surface area contributed by atoms with Gasteiger partial charge < -0.3 is 10.2 Å². The molecule has 8 atom stereocenters. The molecule has 3 nitrogen and oxygen atoms in total. The number of carbonyl (C=O) groups is 1. The number of fused-ring (bicyclic) bond motifs is 5. The van der Waals surface area contributed by atoms with Crippen LogP contribution in [-0.2, 0) is 4.79 Å². The van der Waals surface area contributed by atoms with Crippen LogP contribution >= 0.6 is 0 Å². The van der Waals surface area contributed by atoms with Gasteiger partial charge in [0.25, 0.3) is 0 Å². The maximum absolute atomic E-state index is 11.1. The molecule has 150 valence electrons. The summed E-state index contributed by atoms with van der Waals surface area (Å²) in [5, 5.41) is 20.2. The van der Waals surface area contributed by atoms with Gasteiger partial charge in [-0.1, -0.05) is 34.1 Å². The van der Waals surface area contributed by atoms with E-state index >= 15 is 0 Å². The van der Waals surface area contributed by atoms with Crippen molar-refractivity contribution in [1.29, 1.82) is 0 Å². The van der Waals surface area contributed by atoms with Crippen LogP contribution in [-0.4, -0.2) is 22.3 Å². The van der Waals surface area contributed by atoms with Gasteiger partial charge in [-0.05, 0) is 91.8 Å². The highest BCUT2D eigenvalue weighted by Gasteiger charge is 2.61. The first-order valence-electron chi connectivity index (χ1n) is 10.8. The lowest BCUT2D eigenvalue weighted by Gasteiger charge is -2.62. The summed E-state index contributed by atoms with van der Waals surface area (Å²) in [6.07, 6.45) is 12.3. The number of hydrogen-bond donors (Lipinski definition) is 2. The third-order valence-corrected chi connectivity index (χ3v) is 9.50. The number of carboxylic acid groups (broad SMARTS) is 1. The van der Waals surface area contributed by atoms with Crippen molar-refractivity contribution in [1.82, 2.24) is 0 Å². The summed E-state index contributed by atoms with van der Waals surface area (Å²) in [5.41, 5.74) is 0.706. The SMILES string of the molecule is C.CC12CCC3C(C(O)CC4CCCCC43C)C1CCC2CCC(=O)O. The molecule has 0 bridgehead atoms. The second kappa shape index (κ2) is 7.11. The lowest BCUT2D eigenvalue weighted by atomic mass is 9.44. The minimum Gasteiger partial charge on any atom is -0.481 e. The van der Waals surface area contributed by atoms with Crippen molar-refractivity contribution in [2.45, 2.75) is 98.0 Å². The zero-order valence-corrected chi connectivity index (χ0v) is 16.0. The second-order valence-corrected chi connectivity index (χ2v) is 10.3. The molecule has 3 heteroatoms. The topological polar surface area (TPSA) is 57.5 Å². The van der Waals surface area contributed by atoms with Crippen LogP contribution in [0.25, 0.3) is 0 Å². The predicted octanol–water partition coefficient (Wildman–Crippen LogP) is 5.51. The van der Waals surface area contributed by atoms with Crippen LogP contribution in [0.2, 0.25) is 0 Å². The molecule has 0 aromatic carbocycles. The van der Waals surface area contributed by atoms with E-state index in [-0.39, 0.29) is 18.9 Å². The first-order chi connectivity index (χ1) is 11.9. The standard InChI is InChI=1S/C22H36O3.CH4/c1-21-11-4-3-5-15(21)13-18(23)20-16-8-6-14(7-9-19(24)25)22(16,2)12-10-17(20)21;/h14-18,20,23H,3-13H2,1-2H3,(H,24,25);1H4. The van der Waals surface area contributed by atoms with E-state index in [1.54, 1.807) is 0 Å². The molecule has 0 aliphatic heterocycles. The highest BCUT2D eigenvalue weighted by atomic mass is 16.4. The van der Waals surface area contributed by atoms with Crippen LogP contribution < -0.4 is 0 Å². The summed E-state index contributed by atoms with van der Waals surface area (Å²) >= 11 is 0. The van der Waals surface area contributed by atoms with E-state index < -0.39 is 5.97 Å². The van der Waals surface area contributed by atoms with Gasteiger partial charge in [0.15, 0.2) is 0 Å². The third kappa shape index (κ3) is 2.93. The van der Waals surface area contributed by atoms with Crippen molar-refractivity contribution in [3.8, 4) is 0 Å². The molecule has 2 N–H and O–H groups in total. The Labute approximate surface area is 160 Å². The van der Waals surface area contributed by atoms with E-state index in [0.717, 1.165) is 18.8 Å². The van der Waals surface area contributed by atoms with Crippen molar-refractivity contribution < 1.29 is 15.0 Å². The summed E-state index contributed by atoms with van der Waals surface area (Å²) < 4.78 is 0. The van der Waals surface area contributed by atoms with E-state index in [1.807, 2.05) is 0 Å². The smallest absolute Gasteiger partial charge is 0.303 e. The van der Waals surface area contributed by atoms with E-state index in [2.05, 4.69) is 13.8 Å². The molecular formula is C23H40O3. The summed E-state index contributed by atoms with van der Waals surface area (Å²) in [7, 11) is 0. The van der Waals surface area contributed by atoms with E-state index in [4.69, 9.17) is 5.11 Å². The largest absolute Gasteiger partial charge is 0.481 e. The maximum Gasteiger partial charge on any atom is 0.303 e. The summed E-state index contributed by atoms with van der Waals surface area (Å²) in [4.78, 5) is 11.1. The van der Waals surface area contributed by atoms with Gasteiger partial charge in [0.1, 0.15) is 0 Å². The first-order valence-corrected chi connectivity index (χ1v) is 10.8. The Morgan fingerprint density at radius 2 is 1.73 bits per heavy atom. The van der Waals surface area contributed by atoms with Crippen LogP contribution in [0.1, 0.15) is 91.9 Å². The molecule has 0 aromatic rings. The number of hydrogen-bond acceptors (Lipinski definition) is 2. The fourth-order valence-corrected chi connectivity index (χ4v) is 8.14. The zero-order chi connectivity index (χ0) is 17.8. The number of rotatable bonds is 3. The maximum atomic E-state index is 11.1. The Morgan fingerprint density at radius 3 is 2.46 bits per heavy atom. The zero-order valence-electron chi connectivity index (χ0n) is 16.0. The minimum absolute atomic E-state index is 0. The number of aliphatic hydroxyl groups excluding tert-OH is 1. The highest BCUT2D eigenvalue weighted by Crippen LogP contribution is 2.67. The first kappa shape index (κ1) is 20.2. The minimum atomic E-state index is -0.656. The van der Waals surface area contributed by atoms with Gasteiger partial charge in [0.05, 0.1) is 6.10 Å². The second-order valence-electron chi connectivity index (χ2n) is 10.3. The van der Waals surface area contributed by atoms with Crippen LogP contribution in [0.5, 0.6) is 0 Å². The van der Waals surface area contributed by atoms with E-state index in [9.17, 15) is 9.90 Å². The van der Waals surface area contributed by atoms with E-state index in [1.165, 1.54) is 51.4 Å². The summed E-state index contributed by atoms with van der Waals surface area (Å²) in [6.45, 7) is 4.97. The van der Waals surface area contributed by atoms with Crippen LogP contribution in [0.15, 0.2) is 0 Å². The monoisotopic (exact) mass is 364 g/mol. The molecule has 0 heterocycles. The Kier molecular flexibility index (Phi) is 5.52. The van der Waals surface area contributed by atoms with Crippen LogP contribution in [0.3, 0.4) is 0 Å². The Balaban J connectivity index is 0.00000196. The van der Waals surface area contributed by atoms with Gasteiger partial charge >= 0.3 is 5.97 Å².